The molecule has 0 radical (unpaired) electrons. The van der Waals surface area contributed by atoms with Gasteiger partial charge in [0.1, 0.15) is 6.33 Å². The van der Waals surface area contributed by atoms with Crippen molar-refractivity contribution in [2.24, 2.45) is 5.92 Å². The molecule has 0 saturated carbocycles. The summed E-state index contributed by atoms with van der Waals surface area (Å²) in [6.07, 6.45) is 4.47. The summed E-state index contributed by atoms with van der Waals surface area (Å²) in [6.45, 7) is 0.996. The zero-order valence-electron chi connectivity index (χ0n) is 14.5. The first-order valence-electron chi connectivity index (χ1n) is 8.68. The maximum Gasteiger partial charge on any atom is 0.289 e. The van der Waals surface area contributed by atoms with E-state index in [1.165, 1.54) is 17.3 Å². The summed E-state index contributed by atoms with van der Waals surface area (Å²) < 4.78 is 6.69. The molecule has 0 spiro atoms. The predicted octanol–water partition coefficient (Wildman–Crippen LogP) is 1.75. The smallest absolute Gasteiger partial charge is 0.289 e. The highest BCUT2D eigenvalue weighted by Crippen LogP contribution is 2.21. The molecule has 27 heavy (non-hydrogen) atoms. The third-order valence-corrected chi connectivity index (χ3v) is 4.54. The molecule has 2 amide bonds. The largest absolute Gasteiger partial charge is 0.459 e. The Bertz CT molecular complexity index is 922. The van der Waals surface area contributed by atoms with E-state index in [0.717, 1.165) is 18.5 Å². The fraction of sp³-hybridized carbons (Fsp3) is 0.278. The minimum atomic E-state index is -0.269. The molecule has 1 unspecified atom stereocenters. The Morgan fingerprint density at radius 1 is 1.22 bits per heavy atom. The molecule has 1 atom stereocenters. The molecule has 2 aromatic heterocycles. The average molecular weight is 366 g/mol. The lowest BCUT2D eigenvalue weighted by Gasteiger charge is -2.31. The number of aromatic nitrogens is 4. The first-order chi connectivity index (χ1) is 13.2. The Kier molecular flexibility index (Phi) is 4.65. The van der Waals surface area contributed by atoms with Gasteiger partial charge in [0.05, 0.1) is 17.9 Å². The van der Waals surface area contributed by atoms with Crippen LogP contribution in [0.4, 0.5) is 5.69 Å². The van der Waals surface area contributed by atoms with Gasteiger partial charge in [0.15, 0.2) is 5.76 Å². The van der Waals surface area contributed by atoms with Crippen LogP contribution in [0.1, 0.15) is 23.4 Å². The fourth-order valence-corrected chi connectivity index (χ4v) is 3.18. The first kappa shape index (κ1) is 17.0. The number of benzene rings is 1. The molecule has 1 saturated heterocycles. The van der Waals surface area contributed by atoms with Gasteiger partial charge in [0.2, 0.25) is 5.91 Å². The molecule has 138 valence electrons. The quantitative estimate of drug-likeness (QED) is 0.754. The number of piperidine rings is 1. The van der Waals surface area contributed by atoms with Gasteiger partial charge in [-0.05, 0) is 53.6 Å². The normalized spacial score (nSPS) is 16.9. The topological polar surface area (TPSA) is 106 Å². The van der Waals surface area contributed by atoms with Crippen molar-refractivity contribution < 1.29 is 14.0 Å². The van der Waals surface area contributed by atoms with Crippen LogP contribution < -0.4 is 5.32 Å². The molecule has 9 nitrogen and oxygen atoms in total. The van der Waals surface area contributed by atoms with E-state index in [4.69, 9.17) is 4.42 Å². The van der Waals surface area contributed by atoms with Gasteiger partial charge in [-0.2, -0.15) is 0 Å². The molecule has 3 aromatic rings. The van der Waals surface area contributed by atoms with Crippen LogP contribution in [-0.4, -0.2) is 50.0 Å². The number of amides is 2. The lowest BCUT2D eigenvalue weighted by molar-refractivity contribution is -0.121. The van der Waals surface area contributed by atoms with Gasteiger partial charge in [-0.15, -0.1) is 5.10 Å². The predicted molar refractivity (Wildman–Crippen MR) is 95.1 cm³/mol. The summed E-state index contributed by atoms with van der Waals surface area (Å²) in [6, 6.07) is 10.6. The SMILES string of the molecule is O=C(Nc1cccc(-n2cnnn2)c1)C1CCCN(C(=O)c2ccco2)C1. The number of carbonyl (C=O) groups is 2. The Hall–Kier alpha value is -3.49. The van der Waals surface area contributed by atoms with Gasteiger partial charge in [-0.1, -0.05) is 6.07 Å². The minimum Gasteiger partial charge on any atom is -0.459 e. The number of hydrogen-bond acceptors (Lipinski definition) is 6. The number of nitrogens with one attached hydrogen (secondary N) is 1. The molecular weight excluding hydrogens is 348 g/mol. The number of rotatable bonds is 4. The number of tetrazole rings is 1. The molecule has 1 fully saturated rings. The summed E-state index contributed by atoms with van der Waals surface area (Å²) >= 11 is 0. The highest BCUT2D eigenvalue weighted by molar-refractivity contribution is 5.95. The number of likely N-dealkylation sites (tertiary alicyclic amines) is 1. The van der Waals surface area contributed by atoms with Crippen molar-refractivity contribution in [3.05, 3.63) is 54.7 Å². The van der Waals surface area contributed by atoms with Crippen molar-refractivity contribution in [2.45, 2.75) is 12.8 Å². The highest BCUT2D eigenvalue weighted by atomic mass is 16.3. The van der Waals surface area contributed by atoms with Crippen molar-refractivity contribution >= 4 is 17.5 Å². The third kappa shape index (κ3) is 3.71. The monoisotopic (exact) mass is 366 g/mol. The van der Waals surface area contributed by atoms with Crippen LogP contribution >= 0.6 is 0 Å². The number of furan rings is 1. The lowest BCUT2D eigenvalue weighted by atomic mass is 9.96. The molecule has 1 aromatic carbocycles. The zero-order chi connectivity index (χ0) is 18.6. The van der Waals surface area contributed by atoms with E-state index in [0.29, 0.717) is 24.5 Å². The van der Waals surface area contributed by atoms with Crippen molar-refractivity contribution in [3.8, 4) is 5.69 Å². The molecule has 1 aliphatic heterocycles. The average Bonchev–Trinajstić information content (AvgIpc) is 3.42. The summed E-state index contributed by atoms with van der Waals surface area (Å²) in [5, 5.41) is 14.0. The molecule has 9 heteroatoms. The van der Waals surface area contributed by atoms with E-state index in [-0.39, 0.29) is 17.7 Å². The van der Waals surface area contributed by atoms with Crippen LogP contribution in [0.15, 0.2) is 53.4 Å². The molecular formula is C18H18N6O3. The summed E-state index contributed by atoms with van der Waals surface area (Å²) in [7, 11) is 0. The molecule has 0 aliphatic carbocycles. The Balaban J connectivity index is 1.42. The molecule has 0 bridgehead atoms. The fourth-order valence-electron chi connectivity index (χ4n) is 3.18. The summed E-state index contributed by atoms with van der Waals surface area (Å²) in [5.74, 6) is -0.265. The zero-order valence-corrected chi connectivity index (χ0v) is 14.5. The van der Waals surface area contributed by atoms with Gasteiger partial charge in [0.25, 0.3) is 5.91 Å². The van der Waals surface area contributed by atoms with Gasteiger partial charge in [-0.25, -0.2) is 4.68 Å². The van der Waals surface area contributed by atoms with Crippen LogP contribution in [0.3, 0.4) is 0 Å². The highest BCUT2D eigenvalue weighted by Gasteiger charge is 2.29. The van der Waals surface area contributed by atoms with E-state index in [1.807, 2.05) is 12.1 Å². The summed E-state index contributed by atoms with van der Waals surface area (Å²) in [4.78, 5) is 26.8. The van der Waals surface area contributed by atoms with E-state index >= 15 is 0 Å². The van der Waals surface area contributed by atoms with Gasteiger partial charge in [-0.3, -0.25) is 9.59 Å². The Morgan fingerprint density at radius 3 is 2.93 bits per heavy atom. The Labute approximate surface area is 155 Å². The number of anilines is 1. The molecule has 1 aliphatic rings. The van der Waals surface area contributed by atoms with E-state index in [1.54, 1.807) is 29.2 Å². The van der Waals surface area contributed by atoms with Crippen LogP contribution in [0.5, 0.6) is 0 Å². The van der Waals surface area contributed by atoms with Crippen LogP contribution in [0, 0.1) is 5.92 Å². The second-order valence-electron chi connectivity index (χ2n) is 6.36. The first-order valence-corrected chi connectivity index (χ1v) is 8.68. The molecule has 3 heterocycles. The minimum absolute atomic E-state index is 0.110. The number of nitrogens with zero attached hydrogens (tertiary/aromatic N) is 5. The number of carbonyl (C=O) groups excluding carboxylic acids is 2. The standard InChI is InChI=1S/C18H18N6O3/c25-17(20-14-5-1-6-15(10-14)24-12-19-21-22-24)13-4-2-8-23(11-13)18(26)16-7-3-9-27-16/h1,3,5-7,9-10,12-13H,2,4,8,11H2,(H,20,25). The second kappa shape index (κ2) is 7.40. The van der Waals surface area contributed by atoms with E-state index < -0.39 is 0 Å². The van der Waals surface area contributed by atoms with Gasteiger partial charge >= 0.3 is 0 Å². The number of hydrogen-bond donors (Lipinski definition) is 1. The van der Waals surface area contributed by atoms with Crippen LogP contribution in [-0.2, 0) is 4.79 Å². The molecule has 4 rings (SSSR count). The van der Waals surface area contributed by atoms with E-state index in [2.05, 4.69) is 20.8 Å². The van der Waals surface area contributed by atoms with E-state index in [9.17, 15) is 9.59 Å². The van der Waals surface area contributed by atoms with Crippen molar-refractivity contribution in [1.29, 1.82) is 0 Å². The van der Waals surface area contributed by atoms with Crippen LogP contribution in [0.25, 0.3) is 5.69 Å². The lowest BCUT2D eigenvalue weighted by Crippen LogP contribution is -2.43. The molecule has 1 N–H and O–H groups in total. The van der Waals surface area contributed by atoms with Crippen LogP contribution in [0.2, 0.25) is 0 Å². The van der Waals surface area contributed by atoms with Crippen molar-refractivity contribution in [2.75, 3.05) is 18.4 Å². The van der Waals surface area contributed by atoms with Gasteiger partial charge in [0, 0.05) is 18.8 Å². The second-order valence-corrected chi connectivity index (χ2v) is 6.36. The maximum atomic E-state index is 12.7. The van der Waals surface area contributed by atoms with Crippen molar-refractivity contribution in [1.82, 2.24) is 25.1 Å². The van der Waals surface area contributed by atoms with Gasteiger partial charge < -0.3 is 14.6 Å². The Morgan fingerprint density at radius 2 is 2.15 bits per heavy atom. The third-order valence-electron chi connectivity index (χ3n) is 4.54. The maximum absolute atomic E-state index is 12.7. The summed E-state index contributed by atoms with van der Waals surface area (Å²) in [5.41, 5.74) is 1.40. The van der Waals surface area contributed by atoms with Crippen molar-refractivity contribution in [3.63, 3.8) is 0 Å².